The number of hydrogen-bond donors (Lipinski definition) is 0. The normalized spacial score (nSPS) is 42.9. The Morgan fingerprint density at radius 3 is 2.24 bits per heavy atom. The molecule has 2 heteroatoms. The van der Waals surface area contributed by atoms with Gasteiger partial charge in [-0.2, -0.15) is 11.3 Å². The summed E-state index contributed by atoms with van der Waals surface area (Å²) in [6.45, 7) is 0. The molecule has 90 valence electrons. The van der Waals surface area contributed by atoms with Gasteiger partial charge in [-0.1, -0.05) is 0 Å². The lowest BCUT2D eigenvalue weighted by Gasteiger charge is -2.53. The molecule has 0 spiro atoms. The van der Waals surface area contributed by atoms with Crippen molar-refractivity contribution in [1.29, 1.82) is 0 Å². The van der Waals surface area contributed by atoms with Gasteiger partial charge in [-0.3, -0.25) is 4.79 Å². The fourth-order valence-corrected chi connectivity index (χ4v) is 5.60. The van der Waals surface area contributed by atoms with Crippen LogP contribution >= 0.6 is 11.3 Å². The van der Waals surface area contributed by atoms with Crippen LogP contribution in [0.3, 0.4) is 0 Å². The Labute approximate surface area is 106 Å². The first kappa shape index (κ1) is 10.3. The van der Waals surface area contributed by atoms with E-state index in [1.54, 1.807) is 11.3 Å². The lowest BCUT2D eigenvalue weighted by Crippen LogP contribution is -2.47. The van der Waals surface area contributed by atoms with E-state index < -0.39 is 0 Å². The van der Waals surface area contributed by atoms with E-state index in [0.29, 0.717) is 11.7 Å². The average molecular weight is 246 g/mol. The Bertz CT molecular complexity index is 406. The van der Waals surface area contributed by atoms with Crippen LogP contribution in [0.4, 0.5) is 0 Å². The number of ketones is 1. The Morgan fingerprint density at radius 1 is 1.06 bits per heavy atom. The van der Waals surface area contributed by atoms with Crippen LogP contribution in [0.2, 0.25) is 0 Å². The van der Waals surface area contributed by atoms with Gasteiger partial charge >= 0.3 is 0 Å². The number of rotatable bonds is 2. The zero-order valence-electron chi connectivity index (χ0n) is 9.97. The molecule has 1 aromatic heterocycles. The minimum atomic E-state index is 0.373. The molecule has 0 radical (unpaired) electrons. The Kier molecular flexibility index (Phi) is 2.23. The molecule has 5 rings (SSSR count). The van der Waals surface area contributed by atoms with Gasteiger partial charge in [0.15, 0.2) is 5.78 Å². The van der Waals surface area contributed by atoms with Crippen molar-refractivity contribution in [3.63, 3.8) is 0 Å². The highest BCUT2D eigenvalue weighted by atomic mass is 32.1. The van der Waals surface area contributed by atoms with Crippen molar-refractivity contribution in [2.75, 3.05) is 0 Å². The van der Waals surface area contributed by atoms with Crippen LogP contribution in [-0.2, 0) is 0 Å². The van der Waals surface area contributed by atoms with Crippen molar-refractivity contribution < 1.29 is 4.79 Å². The third kappa shape index (κ3) is 1.53. The van der Waals surface area contributed by atoms with Crippen molar-refractivity contribution in [3.8, 4) is 0 Å². The molecule has 1 nitrogen and oxygen atoms in total. The van der Waals surface area contributed by atoms with E-state index >= 15 is 0 Å². The first-order chi connectivity index (χ1) is 8.31. The van der Waals surface area contributed by atoms with Gasteiger partial charge in [-0.15, -0.1) is 0 Å². The molecule has 0 aliphatic heterocycles. The Hall–Kier alpha value is -0.630. The van der Waals surface area contributed by atoms with E-state index in [0.717, 1.165) is 29.2 Å². The second-order valence-electron chi connectivity index (χ2n) is 6.33. The van der Waals surface area contributed by atoms with Gasteiger partial charge in [0.1, 0.15) is 0 Å². The van der Waals surface area contributed by atoms with E-state index in [1.807, 2.05) is 16.8 Å². The predicted octanol–water partition coefficient (Wildman–Crippen LogP) is 4.00. The summed E-state index contributed by atoms with van der Waals surface area (Å²) in [6, 6.07) is 2.01. The van der Waals surface area contributed by atoms with Gasteiger partial charge in [0.2, 0.25) is 0 Å². The molecule has 4 aliphatic carbocycles. The van der Waals surface area contributed by atoms with Crippen molar-refractivity contribution in [2.24, 2.45) is 29.6 Å². The van der Waals surface area contributed by atoms with Gasteiger partial charge < -0.3 is 0 Å². The van der Waals surface area contributed by atoms with E-state index in [2.05, 4.69) is 0 Å². The van der Waals surface area contributed by atoms with Gasteiger partial charge in [0.05, 0.1) is 0 Å². The first-order valence-corrected chi connectivity index (χ1v) is 7.82. The maximum absolute atomic E-state index is 12.6. The third-order valence-electron chi connectivity index (χ3n) is 5.34. The van der Waals surface area contributed by atoms with E-state index in [-0.39, 0.29) is 0 Å². The second kappa shape index (κ2) is 3.68. The zero-order valence-corrected chi connectivity index (χ0v) is 10.8. The maximum atomic E-state index is 12.6. The summed E-state index contributed by atoms with van der Waals surface area (Å²) in [5, 5.41) is 4.07. The van der Waals surface area contributed by atoms with Gasteiger partial charge in [0, 0.05) is 16.9 Å². The lowest BCUT2D eigenvalue weighted by atomic mass is 9.51. The highest BCUT2D eigenvalue weighted by Crippen LogP contribution is 2.57. The van der Waals surface area contributed by atoms with Gasteiger partial charge in [0.25, 0.3) is 0 Å². The lowest BCUT2D eigenvalue weighted by molar-refractivity contribution is -0.0251. The van der Waals surface area contributed by atoms with Crippen LogP contribution in [0, 0.1) is 29.6 Å². The molecular formula is C15H18OS. The van der Waals surface area contributed by atoms with Crippen LogP contribution in [-0.4, -0.2) is 5.78 Å². The first-order valence-electron chi connectivity index (χ1n) is 6.87. The van der Waals surface area contributed by atoms with Crippen LogP contribution < -0.4 is 0 Å². The molecule has 0 saturated heterocycles. The molecule has 0 N–H and O–H groups in total. The summed E-state index contributed by atoms with van der Waals surface area (Å²) in [6.07, 6.45) is 6.83. The van der Waals surface area contributed by atoms with E-state index in [1.165, 1.54) is 32.1 Å². The molecular weight excluding hydrogens is 228 g/mol. The van der Waals surface area contributed by atoms with Crippen molar-refractivity contribution in [3.05, 3.63) is 22.4 Å². The smallest absolute Gasteiger partial charge is 0.167 e. The molecule has 4 fully saturated rings. The summed E-state index contributed by atoms with van der Waals surface area (Å²) >= 11 is 1.65. The van der Waals surface area contributed by atoms with Crippen LogP contribution in [0.1, 0.15) is 42.5 Å². The number of thiophene rings is 1. The molecule has 17 heavy (non-hydrogen) atoms. The monoisotopic (exact) mass is 246 g/mol. The molecule has 4 aliphatic rings. The van der Waals surface area contributed by atoms with Crippen molar-refractivity contribution >= 4 is 17.1 Å². The van der Waals surface area contributed by atoms with Crippen molar-refractivity contribution in [2.45, 2.75) is 32.1 Å². The molecule has 0 aromatic carbocycles. The summed E-state index contributed by atoms with van der Waals surface area (Å²) < 4.78 is 0. The van der Waals surface area contributed by atoms with Gasteiger partial charge in [-0.25, -0.2) is 0 Å². The molecule has 0 unspecified atom stereocenters. The quantitative estimate of drug-likeness (QED) is 0.721. The molecule has 4 saturated carbocycles. The summed E-state index contributed by atoms with van der Waals surface area (Å²) in [7, 11) is 0. The second-order valence-corrected chi connectivity index (χ2v) is 7.11. The largest absolute Gasteiger partial charge is 0.294 e. The number of carbonyl (C=O) groups is 1. The fourth-order valence-electron chi connectivity index (χ4n) is 4.95. The minimum absolute atomic E-state index is 0.373. The Balaban J connectivity index is 1.64. The van der Waals surface area contributed by atoms with Crippen LogP contribution in [0.5, 0.6) is 0 Å². The number of Topliss-reactive ketones (excluding diaryl/α,β-unsaturated/α-hetero) is 1. The molecule has 0 amide bonds. The summed E-state index contributed by atoms with van der Waals surface area (Å²) in [5.41, 5.74) is 0.979. The number of hydrogen-bond acceptors (Lipinski definition) is 2. The third-order valence-corrected chi connectivity index (χ3v) is 6.02. The predicted molar refractivity (Wildman–Crippen MR) is 69.2 cm³/mol. The van der Waals surface area contributed by atoms with Crippen LogP contribution in [0.15, 0.2) is 16.8 Å². The Morgan fingerprint density at radius 2 is 1.71 bits per heavy atom. The molecule has 1 heterocycles. The topological polar surface area (TPSA) is 17.1 Å². The summed E-state index contributed by atoms with van der Waals surface area (Å²) in [5.74, 6) is 4.20. The van der Waals surface area contributed by atoms with Gasteiger partial charge in [-0.05, 0) is 67.2 Å². The van der Waals surface area contributed by atoms with E-state index in [4.69, 9.17) is 0 Å². The summed E-state index contributed by atoms with van der Waals surface area (Å²) in [4.78, 5) is 12.6. The highest BCUT2D eigenvalue weighted by molar-refractivity contribution is 7.08. The molecule has 4 bridgehead atoms. The van der Waals surface area contributed by atoms with Crippen LogP contribution in [0.25, 0.3) is 0 Å². The zero-order chi connectivity index (χ0) is 11.4. The maximum Gasteiger partial charge on any atom is 0.167 e. The standard InChI is InChI=1S/C15H18OS/c16-15(11-1-2-17-8-11)14-12-4-9-3-10(6-12)7-13(14)5-9/h1-2,8-10,12-14H,3-7H2. The number of carbonyl (C=O) groups excluding carboxylic acids is 1. The highest BCUT2D eigenvalue weighted by Gasteiger charge is 2.50. The average Bonchev–Trinajstić information content (AvgIpc) is 2.80. The minimum Gasteiger partial charge on any atom is -0.294 e. The molecule has 0 atom stereocenters. The fraction of sp³-hybridized carbons (Fsp3) is 0.667. The van der Waals surface area contributed by atoms with Crippen molar-refractivity contribution in [1.82, 2.24) is 0 Å². The van der Waals surface area contributed by atoms with E-state index in [9.17, 15) is 4.79 Å². The molecule has 1 aromatic rings. The SMILES string of the molecule is O=C(c1ccsc1)C1C2CC3CC(C2)CC1C3.